The third kappa shape index (κ3) is 2.57. The van der Waals surface area contributed by atoms with Gasteiger partial charge in [0.2, 0.25) is 0 Å². The lowest BCUT2D eigenvalue weighted by atomic mass is 9.99. The van der Waals surface area contributed by atoms with Crippen molar-refractivity contribution in [3.8, 4) is 11.5 Å². The van der Waals surface area contributed by atoms with Gasteiger partial charge < -0.3 is 15.6 Å². The van der Waals surface area contributed by atoms with Gasteiger partial charge in [0, 0.05) is 24.2 Å². The van der Waals surface area contributed by atoms with Crippen LogP contribution in [0.15, 0.2) is 10.5 Å². The summed E-state index contributed by atoms with van der Waals surface area (Å²) in [7, 11) is 3.33. The molecule has 2 unspecified atom stereocenters. The van der Waals surface area contributed by atoms with Crippen molar-refractivity contribution in [1.82, 2.24) is 4.90 Å². The highest BCUT2D eigenvalue weighted by Gasteiger charge is 2.34. The SMILES string of the molecule is COc1cc(F)c(C2CC(CN)CN2C)c(Br)c1O. The van der Waals surface area contributed by atoms with Crippen molar-refractivity contribution in [1.29, 1.82) is 0 Å². The molecule has 0 spiro atoms. The van der Waals surface area contributed by atoms with Crippen LogP contribution in [0.2, 0.25) is 0 Å². The predicted octanol–water partition coefficient (Wildman–Crippen LogP) is 2.25. The van der Waals surface area contributed by atoms with Gasteiger partial charge in [-0.05, 0) is 41.9 Å². The van der Waals surface area contributed by atoms with Crippen molar-refractivity contribution in [2.75, 3.05) is 27.2 Å². The Morgan fingerprint density at radius 1 is 1.63 bits per heavy atom. The number of hydrogen-bond donors (Lipinski definition) is 2. The summed E-state index contributed by atoms with van der Waals surface area (Å²) in [5, 5.41) is 9.99. The van der Waals surface area contributed by atoms with Gasteiger partial charge in [-0.25, -0.2) is 4.39 Å². The standard InChI is InChI=1S/C13H18BrFN2O2/c1-17-6-7(5-16)3-9(17)11-8(15)4-10(19-2)13(18)12(11)14/h4,7,9,18H,3,5-6,16H2,1-2H3. The Morgan fingerprint density at radius 2 is 2.32 bits per heavy atom. The highest BCUT2D eigenvalue weighted by atomic mass is 79.9. The van der Waals surface area contributed by atoms with E-state index in [9.17, 15) is 9.50 Å². The molecule has 0 aromatic heterocycles. The van der Waals surface area contributed by atoms with Crippen molar-refractivity contribution in [2.45, 2.75) is 12.5 Å². The molecule has 1 fully saturated rings. The lowest BCUT2D eigenvalue weighted by Gasteiger charge is -2.22. The van der Waals surface area contributed by atoms with Crippen LogP contribution in [0, 0.1) is 11.7 Å². The average molecular weight is 333 g/mol. The van der Waals surface area contributed by atoms with E-state index in [0.29, 0.717) is 22.5 Å². The molecular weight excluding hydrogens is 315 g/mol. The fourth-order valence-electron chi connectivity index (χ4n) is 2.68. The largest absolute Gasteiger partial charge is 0.503 e. The van der Waals surface area contributed by atoms with Gasteiger partial charge in [-0.15, -0.1) is 0 Å². The lowest BCUT2D eigenvalue weighted by Crippen LogP contribution is -2.21. The molecule has 1 aliphatic rings. The normalized spacial score (nSPS) is 23.8. The Morgan fingerprint density at radius 3 is 2.84 bits per heavy atom. The summed E-state index contributed by atoms with van der Waals surface area (Å²) in [5.74, 6) is 0.0363. The summed E-state index contributed by atoms with van der Waals surface area (Å²) < 4.78 is 19.6. The predicted molar refractivity (Wildman–Crippen MR) is 74.8 cm³/mol. The van der Waals surface area contributed by atoms with E-state index in [1.165, 1.54) is 13.2 Å². The number of benzene rings is 1. The second kappa shape index (κ2) is 5.64. The van der Waals surface area contributed by atoms with Crippen molar-refractivity contribution >= 4 is 15.9 Å². The molecule has 19 heavy (non-hydrogen) atoms. The second-order valence-electron chi connectivity index (χ2n) is 4.93. The average Bonchev–Trinajstić information content (AvgIpc) is 2.75. The second-order valence-corrected chi connectivity index (χ2v) is 5.72. The number of hydrogen-bond acceptors (Lipinski definition) is 4. The molecule has 1 aromatic carbocycles. The van der Waals surface area contributed by atoms with Crippen LogP contribution >= 0.6 is 15.9 Å². The number of phenols is 1. The fraction of sp³-hybridized carbons (Fsp3) is 0.538. The molecule has 0 saturated carbocycles. The van der Waals surface area contributed by atoms with Crippen molar-refractivity contribution < 1.29 is 14.2 Å². The first kappa shape index (κ1) is 14.6. The minimum absolute atomic E-state index is 0.0662. The zero-order valence-electron chi connectivity index (χ0n) is 11.0. The molecule has 4 nitrogen and oxygen atoms in total. The Labute approximate surface area is 120 Å². The molecule has 2 atom stereocenters. The van der Waals surface area contributed by atoms with E-state index in [1.54, 1.807) is 0 Å². The number of nitrogens with two attached hydrogens (primary N) is 1. The van der Waals surface area contributed by atoms with E-state index >= 15 is 0 Å². The third-order valence-corrected chi connectivity index (χ3v) is 4.52. The van der Waals surface area contributed by atoms with Crippen molar-refractivity contribution in [3.63, 3.8) is 0 Å². The summed E-state index contributed by atoms with van der Waals surface area (Å²) in [6.45, 7) is 1.42. The summed E-state index contributed by atoms with van der Waals surface area (Å²) >= 11 is 3.27. The zero-order valence-corrected chi connectivity index (χ0v) is 12.6. The molecule has 106 valence electrons. The monoisotopic (exact) mass is 332 g/mol. The van der Waals surface area contributed by atoms with Crippen LogP contribution in [0.4, 0.5) is 4.39 Å². The van der Waals surface area contributed by atoms with Crippen LogP contribution < -0.4 is 10.5 Å². The van der Waals surface area contributed by atoms with E-state index < -0.39 is 0 Å². The number of methoxy groups -OCH3 is 1. The molecule has 1 saturated heterocycles. The first-order chi connectivity index (χ1) is 8.99. The number of halogens is 2. The fourth-order valence-corrected chi connectivity index (χ4v) is 3.33. The van der Waals surface area contributed by atoms with E-state index in [1.807, 2.05) is 7.05 Å². The molecule has 0 amide bonds. The lowest BCUT2D eigenvalue weighted by molar-refractivity contribution is 0.302. The number of phenolic OH excluding ortho intramolecular Hbond substituents is 1. The van der Waals surface area contributed by atoms with E-state index in [4.69, 9.17) is 10.5 Å². The molecule has 6 heteroatoms. The number of nitrogens with zero attached hydrogens (tertiary/aromatic N) is 1. The highest BCUT2D eigenvalue weighted by Crippen LogP contribution is 2.45. The minimum atomic E-state index is -0.379. The van der Waals surface area contributed by atoms with Gasteiger partial charge >= 0.3 is 0 Å². The van der Waals surface area contributed by atoms with Gasteiger partial charge in [0.1, 0.15) is 5.82 Å². The summed E-state index contributed by atoms with van der Waals surface area (Å²) in [6.07, 6.45) is 0.786. The van der Waals surface area contributed by atoms with Crippen LogP contribution in [-0.4, -0.2) is 37.3 Å². The third-order valence-electron chi connectivity index (χ3n) is 3.71. The molecule has 1 aliphatic heterocycles. The molecule has 0 bridgehead atoms. The van der Waals surface area contributed by atoms with Crippen LogP contribution in [0.25, 0.3) is 0 Å². The molecule has 2 rings (SSSR count). The maximum absolute atomic E-state index is 14.3. The first-order valence-corrected chi connectivity index (χ1v) is 6.94. The van der Waals surface area contributed by atoms with Gasteiger partial charge in [0.25, 0.3) is 0 Å². The maximum atomic E-state index is 14.3. The van der Waals surface area contributed by atoms with Gasteiger partial charge in [0.05, 0.1) is 11.6 Å². The van der Waals surface area contributed by atoms with Crippen molar-refractivity contribution in [2.24, 2.45) is 11.7 Å². The summed E-state index contributed by atoms with van der Waals surface area (Å²) in [5.41, 5.74) is 6.16. The molecule has 3 N–H and O–H groups in total. The first-order valence-electron chi connectivity index (χ1n) is 6.14. The van der Waals surface area contributed by atoms with Gasteiger partial charge in [-0.3, -0.25) is 4.90 Å². The topological polar surface area (TPSA) is 58.7 Å². The summed E-state index contributed by atoms with van der Waals surface area (Å²) in [6, 6.07) is 1.14. The van der Waals surface area contributed by atoms with Crippen LogP contribution in [-0.2, 0) is 0 Å². The quantitative estimate of drug-likeness (QED) is 0.891. The Balaban J connectivity index is 2.43. The van der Waals surface area contributed by atoms with Gasteiger partial charge in [0.15, 0.2) is 11.5 Å². The number of aromatic hydroxyl groups is 1. The van der Waals surface area contributed by atoms with Crippen LogP contribution in [0.1, 0.15) is 18.0 Å². The van der Waals surface area contributed by atoms with Gasteiger partial charge in [-0.1, -0.05) is 0 Å². The number of rotatable bonds is 3. The minimum Gasteiger partial charge on any atom is -0.503 e. The van der Waals surface area contributed by atoms with Crippen molar-refractivity contribution in [3.05, 3.63) is 21.9 Å². The number of ether oxygens (including phenoxy) is 1. The van der Waals surface area contributed by atoms with E-state index in [2.05, 4.69) is 20.8 Å². The van der Waals surface area contributed by atoms with Crippen LogP contribution in [0.5, 0.6) is 11.5 Å². The smallest absolute Gasteiger partial charge is 0.172 e. The summed E-state index contributed by atoms with van der Waals surface area (Å²) in [4.78, 5) is 2.06. The van der Waals surface area contributed by atoms with E-state index in [0.717, 1.165) is 13.0 Å². The van der Waals surface area contributed by atoms with Crippen LogP contribution in [0.3, 0.4) is 0 Å². The number of likely N-dealkylation sites (tertiary alicyclic amines) is 1. The maximum Gasteiger partial charge on any atom is 0.172 e. The highest BCUT2D eigenvalue weighted by molar-refractivity contribution is 9.10. The molecule has 0 aliphatic carbocycles. The zero-order chi connectivity index (χ0) is 14.2. The molecule has 0 radical (unpaired) electrons. The van der Waals surface area contributed by atoms with E-state index in [-0.39, 0.29) is 23.4 Å². The molecule has 1 aromatic rings. The Hall–Kier alpha value is -0.850. The Kier molecular flexibility index (Phi) is 4.32. The molecular formula is C13H18BrFN2O2. The van der Waals surface area contributed by atoms with Gasteiger partial charge in [-0.2, -0.15) is 0 Å². The molecule has 1 heterocycles. The Bertz CT molecular complexity index is 484.